The Kier molecular flexibility index (Phi) is 4.31. The van der Waals surface area contributed by atoms with Gasteiger partial charge in [-0.2, -0.15) is 13.2 Å². The first-order chi connectivity index (χ1) is 9.84. The summed E-state index contributed by atoms with van der Waals surface area (Å²) in [6.45, 7) is -0.246. The number of nitro groups is 1. The van der Waals surface area contributed by atoms with Crippen LogP contribution >= 0.6 is 0 Å². The number of pyridine rings is 1. The van der Waals surface area contributed by atoms with Crippen LogP contribution in [0.3, 0.4) is 0 Å². The van der Waals surface area contributed by atoms with Crippen LogP contribution in [0, 0.1) is 10.1 Å². The van der Waals surface area contributed by atoms with Gasteiger partial charge in [-0.05, 0) is 25.3 Å². The summed E-state index contributed by atoms with van der Waals surface area (Å²) < 4.78 is 38.2. The smallest absolute Gasteiger partial charge is 0.395 e. The molecule has 1 N–H and O–H groups in total. The lowest BCUT2D eigenvalue weighted by Gasteiger charge is -2.38. The van der Waals surface area contributed by atoms with E-state index >= 15 is 0 Å². The largest absolute Gasteiger partial charge is 0.433 e. The summed E-state index contributed by atoms with van der Waals surface area (Å²) >= 11 is 0. The van der Waals surface area contributed by atoms with Crippen LogP contribution in [-0.4, -0.2) is 34.2 Å². The van der Waals surface area contributed by atoms with Crippen molar-refractivity contribution in [1.29, 1.82) is 0 Å². The Hall–Kier alpha value is -1.90. The third kappa shape index (κ3) is 3.23. The van der Waals surface area contributed by atoms with Crippen LogP contribution in [0.1, 0.15) is 25.0 Å². The lowest BCUT2D eigenvalue weighted by atomic mass is 9.91. The van der Waals surface area contributed by atoms with Crippen LogP contribution in [-0.2, 0) is 6.18 Å². The van der Waals surface area contributed by atoms with E-state index in [1.807, 2.05) is 0 Å². The van der Waals surface area contributed by atoms with E-state index in [-0.39, 0.29) is 24.9 Å². The summed E-state index contributed by atoms with van der Waals surface area (Å²) in [5.41, 5.74) is -1.80. The maximum atomic E-state index is 12.7. The number of aliphatic hydroxyl groups is 1. The molecule has 1 aliphatic rings. The average molecular weight is 305 g/mol. The molecule has 9 heteroatoms. The van der Waals surface area contributed by atoms with Crippen LogP contribution in [0.2, 0.25) is 0 Å². The Balaban J connectivity index is 2.47. The summed E-state index contributed by atoms with van der Waals surface area (Å²) in [5, 5.41) is 20.1. The van der Waals surface area contributed by atoms with Crippen molar-refractivity contribution in [3.63, 3.8) is 0 Å². The van der Waals surface area contributed by atoms with Crippen molar-refractivity contribution in [2.75, 3.05) is 18.1 Å². The van der Waals surface area contributed by atoms with E-state index in [0.717, 1.165) is 19.3 Å². The molecule has 1 aromatic heterocycles. The highest BCUT2D eigenvalue weighted by Crippen LogP contribution is 2.38. The van der Waals surface area contributed by atoms with Gasteiger partial charge in [-0.3, -0.25) is 10.1 Å². The van der Waals surface area contributed by atoms with Crippen molar-refractivity contribution in [2.24, 2.45) is 0 Å². The van der Waals surface area contributed by atoms with Crippen LogP contribution in [0.5, 0.6) is 0 Å². The predicted octanol–water partition coefficient (Wildman–Crippen LogP) is 2.36. The molecule has 1 fully saturated rings. The highest BCUT2D eigenvalue weighted by atomic mass is 19.4. The lowest BCUT2D eigenvalue weighted by Crippen LogP contribution is -2.42. The van der Waals surface area contributed by atoms with Gasteiger partial charge in [0.05, 0.1) is 11.5 Å². The molecule has 0 bridgehead atoms. The lowest BCUT2D eigenvalue weighted by molar-refractivity contribution is -0.384. The molecule has 0 atom stereocenters. The number of aromatic nitrogens is 1. The molecule has 1 heterocycles. The van der Waals surface area contributed by atoms with Crippen LogP contribution < -0.4 is 4.90 Å². The van der Waals surface area contributed by atoms with Gasteiger partial charge >= 0.3 is 11.9 Å². The molecular formula is C12H14F3N3O3. The molecule has 116 valence electrons. The minimum atomic E-state index is -4.67. The quantitative estimate of drug-likeness (QED) is 0.667. The Labute approximate surface area is 118 Å². The van der Waals surface area contributed by atoms with Crippen LogP contribution in [0.25, 0.3) is 0 Å². The molecule has 1 saturated carbocycles. The molecule has 0 radical (unpaired) electrons. The zero-order chi connectivity index (χ0) is 15.6. The summed E-state index contributed by atoms with van der Waals surface area (Å²) in [5.74, 6) is 0. The van der Waals surface area contributed by atoms with Gasteiger partial charge in [0.15, 0.2) is 0 Å². The number of nitrogens with zero attached hydrogens (tertiary/aromatic N) is 3. The molecule has 2 rings (SSSR count). The number of aliphatic hydroxyl groups excluding tert-OH is 1. The minimum absolute atomic E-state index is 0.0484. The fourth-order valence-electron chi connectivity index (χ4n) is 2.27. The van der Waals surface area contributed by atoms with E-state index in [9.17, 15) is 23.3 Å². The van der Waals surface area contributed by atoms with Crippen molar-refractivity contribution in [2.45, 2.75) is 31.5 Å². The maximum Gasteiger partial charge on any atom is 0.433 e. The predicted molar refractivity (Wildman–Crippen MR) is 68.0 cm³/mol. The molecule has 21 heavy (non-hydrogen) atoms. The van der Waals surface area contributed by atoms with Gasteiger partial charge in [0.1, 0.15) is 17.6 Å². The van der Waals surface area contributed by atoms with E-state index in [4.69, 9.17) is 5.11 Å². The van der Waals surface area contributed by atoms with Crippen molar-refractivity contribution in [3.8, 4) is 0 Å². The minimum Gasteiger partial charge on any atom is -0.395 e. The van der Waals surface area contributed by atoms with Crippen LogP contribution in [0.15, 0.2) is 12.3 Å². The van der Waals surface area contributed by atoms with E-state index in [0.29, 0.717) is 12.3 Å². The molecule has 0 aromatic carbocycles. The normalized spacial score (nSPS) is 15.6. The molecule has 0 spiro atoms. The third-order valence-electron chi connectivity index (χ3n) is 3.51. The first-order valence-electron chi connectivity index (χ1n) is 6.43. The highest BCUT2D eigenvalue weighted by molar-refractivity contribution is 5.64. The Morgan fingerprint density at radius 1 is 1.48 bits per heavy atom. The molecular weight excluding hydrogens is 291 g/mol. The van der Waals surface area contributed by atoms with Crippen LogP contribution in [0.4, 0.5) is 24.5 Å². The fraction of sp³-hybridized carbons (Fsp3) is 0.583. The van der Waals surface area contributed by atoms with Gasteiger partial charge in [-0.1, -0.05) is 0 Å². The molecule has 6 nitrogen and oxygen atoms in total. The third-order valence-corrected chi connectivity index (χ3v) is 3.51. The number of hydrogen-bond donors (Lipinski definition) is 1. The molecule has 0 unspecified atom stereocenters. The first kappa shape index (κ1) is 15.5. The number of anilines is 1. The second-order valence-electron chi connectivity index (χ2n) is 4.81. The summed E-state index contributed by atoms with van der Waals surface area (Å²) in [7, 11) is 0. The van der Waals surface area contributed by atoms with Crippen molar-refractivity contribution in [3.05, 3.63) is 28.1 Å². The molecule has 0 saturated heterocycles. The van der Waals surface area contributed by atoms with E-state index in [2.05, 4.69) is 4.98 Å². The summed E-state index contributed by atoms with van der Waals surface area (Å²) in [6, 6.07) is 0.603. The SMILES string of the molecule is O=[N+]([O-])c1cnc(C(F)(F)F)cc1N(CCO)C1CCC1. The highest BCUT2D eigenvalue weighted by Gasteiger charge is 2.37. The second kappa shape index (κ2) is 5.84. The molecule has 0 amide bonds. The van der Waals surface area contributed by atoms with Crippen molar-refractivity contribution >= 4 is 11.4 Å². The topological polar surface area (TPSA) is 79.5 Å². The van der Waals surface area contributed by atoms with E-state index in [1.165, 1.54) is 4.90 Å². The zero-order valence-corrected chi connectivity index (χ0v) is 11.0. The van der Waals surface area contributed by atoms with Gasteiger partial charge in [0, 0.05) is 12.6 Å². The van der Waals surface area contributed by atoms with Gasteiger partial charge < -0.3 is 10.0 Å². The monoisotopic (exact) mass is 305 g/mol. The zero-order valence-electron chi connectivity index (χ0n) is 11.0. The molecule has 0 aliphatic heterocycles. The van der Waals surface area contributed by atoms with Crippen molar-refractivity contribution < 1.29 is 23.2 Å². The standard InChI is InChI=1S/C12H14F3N3O3/c13-12(14,15)11-6-9(10(7-16-11)18(20)21)17(4-5-19)8-2-1-3-8/h6-8,19H,1-5H2. The number of rotatable bonds is 5. The molecule has 1 aliphatic carbocycles. The Bertz CT molecular complexity index is 532. The Morgan fingerprint density at radius 2 is 2.14 bits per heavy atom. The number of halogens is 3. The van der Waals surface area contributed by atoms with Crippen molar-refractivity contribution in [1.82, 2.24) is 4.98 Å². The average Bonchev–Trinajstić information content (AvgIpc) is 2.34. The first-order valence-corrected chi connectivity index (χ1v) is 6.43. The van der Waals surface area contributed by atoms with Gasteiger partial charge in [0.2, 0.25) is 0 Å². The van der Waals surface area contributed by atoms with E-state index < -0.39 is 22.5 Å². The Morgan fingerprint density at radius 3 is 2.57 bits per heavy atom. The number of alkyl halides is 3. The maximum absolute atomic E-state index is 12.7. The van der Waals surface area contributed by atoms with Gasteiger partial charge in [-0.25, -0.2) is 4.98 Å². The fourth-order valence-corrected chi connectivity index (χ4v) is 2.27. The summed E-state index contributed by atoms with van der Waals surface area (Å²) in [6.07, 6.45) is -1.66. The second-order valence-corrected chi connectivity index (χ2v) is 4.81. The number of hydrogen-bond acceptors (Lipinski definition) is 5. The van der Waals surface area contributed by atoms with Gasteiger partial charge in [0.25, 0.3) is 0 Å². The van der Waals surface area contributed by atoms with E-state index in [1.54, 1.807) is 0 Å². The summed E-state index contributed by atoms with van der Waals surface area (Å²) in [4.78, 5) is 14.8. The van der Waals surface area contributed by atoms with Gasteiger partial charge in [-0.15, -0.1) is 0 Å². The molecule has 1 aromatic rings.